The fraction of sp³-hybridized carbons (Fsp3) is 0.677. The molecule has 0 saturated heterocycles. The van der Waals surface area contributed by atoms with Crippen molar-refractivity contribution < 1.29 is 75.8 Å². The zero-order valence-electron chi connectivity index (χ0n) is 51.1. The van der Waals surface area contributed by atoms with E-state index >= 15 is 0 Å². The number of aliphatic hydroxyl groups is 2. The first kappa shape index (κ1) is 79.2. The van der Waals surface area contributed by atoms with Gasteiger partial charge in [-0.15, -0.1) is 0 Å². The third-order valence-corrected chi connectivity index (χ3v) is 14.4. The molecule has 0 aliphatic rings. The minimum atomic E-state index is -4.92. The van der Waals surface area contributed by atoms with Crippen LogP contribution in [0.25, 0.3) is 0 Å². The van der Waals surface area contributed by atoms with E-state index in [9.17, 15) is 43.5 Å². The number of allylic oxidation sites excluding steroid dienone is 18. The molecule has 0 aromatic rings. The molecular formula is C65H110O16P2. The fourth-order valence-corrected chi connectivity index (χ4v) is 9.35. The number of ether oxygens (including phenoxy) is 3. The van der Waals surface area contributed by atoms with Gasteiger partial charge in [-0.05, 0) is 103 Å². The molecule has 4 N–H and O–H groups in total. The molecule has 5 unspecified atom stereocenters. The second kappa shape index (κ2) is 58.6. The monoisotopic (exact) mass is 1210 g/mol. The maximum Gasteiger partial charge on any atom is 0.472 e. The molecule has 0 aliphatic carbocycles. The van der Waals surface area contributed by atoms with Crippen LogP contribution >= 0.6 is 15.6 Å². The predicted molar refractivity (Wildman–Crippen MR) is 334 cm³/mol. The molecular weight excluding hydrogens is 1100 g/mol. The van der Waals surface area contributed by atoms with Crippen molar-refractivity contribution in [3.63, 3.8) is 0 Å². The lowest BCUT2D eigenvalue weighted by Gasteiger charge is -2.21. The molecule has 18 heteroatoms. The molecule has 0 fully saturated rings. The van der Waals surface area contributed by atoms with Crippen LogP contribution in [0.5, 0.6) is 0 Å². The van der Waals surface area contributed by atoms with Gasteiger partial charge in [-0.1, -0.05) is 214 Å². The van der Waals surface area contributed by atoms with Gasteiger partial charge in [0.1, 0.15) is 25.4 Å². The van der Waals surface area contributed by atoms with Gasteiger partial charge in [-0.3, -0.25) is 32.5 Å². The van der Waals surface area contributed by atoms with Crippen LogP contribution < -0.4 is 0 Å². The quantitative estimate of drug-likeness (QED) is 0.0146. The number of hydrogen-bond acceptors (Lipinski definition) is 14. The van der Waals surface area contributed by atoms with Crippen LogP contribution in [0.15, 0.2) is 109 Å². The fourth-order valence-electron chi connectivity index (χ4n) is 7.76. The molecule has 0 radical (unpaired) electrons. The zero-order chi connectivity index (χ0) is 61.0. The number of unbranched alkanes of at least 4 members (excludes halogenated alkanes) is 17. The van der Waals surface area contributed by atoms with Crippen LogP contribution in [0, 0.1) is 0 Å². The molecule has 0 rings (SSSR count). The average Bonchev–Trinajstić information content (AvgIpc) is 3.46. The molecule has 0 amide bonds. The highest BCUT2D eigenvalue weighted by atomic mass is 31.2. The minimum Gasteiger partial charge on any atom is -0.463 e. The van der Waals surface area contributed by atoms with Crippen molar-refractivity contribution >= 4 is 33.6 Å². The van der Waals surface area contributed by atoms with Crippen molar-refractivity contribution in [1.29, 1.82) is 0 Å². The highest BCUT2D eigenvalue weighted by molar-refractivity contribution is 7.47. The van der Waals surface area contributed by atoms with E-state index in [1.54, 1.807) is 0 Å². The van der Waals surface area contributed by atoms with Crippen molar-refractivity contribution in [2.75, 3.05) is 39.6 Å². The van der Waals surface area contributed by atoms with Crippen molar-refractivity contribution in [1.82, 2.24) is 0 Å². The van der Waals surface area contributed by atoms with Gasteiger partial charge in [0.25, 0.3) is 0 Å². The summed E-state index contributed by atoms with van der Waals surface area (Å²) in [5.74, 6) is -1.64. The van der Waals surface area contributed by atoms with Crippen molar-refractivity contribution in [3.05, 3.63) is 109 Å². The summed E-state index contributed by atoms with van der Waals surface area (Å²) < 4.78 is 60.6. The Balaban J connectivity index is 4.64. The maximum atomic E-state index is 12.8. The number of rotatable bonds is 58. The molecule has 83 heavy (non-hydrogen) atoms. The third kappa shape index (κ3) is 59.7. The predicted octanol–water partition coefficient (Wildman–Crippen LogP) is 16.5. The number of aliphatic hydroxyl groups excluding tert-OH is 2. The van der Waals surface area contributed by atoms with E-state index in [2.05, 4.69) is 130 Å². The Labute approximate surface area is 500 Å². The normalized spacial score (nSPS) is 15.1. The Kier molecular flexibility index (Phi) is 55.9. The Hall–Kier alpha value is -3.79. The topological polar surface area (TPSA) is 231 Å². The van der Waals surface area contributed by atoms with Crippen LogP contribution in [0.2, 0.25) is 0 Å². The molecule has 0 bridgehead atoms. The Morgan fingerprint density at radius 2 is 0.639 bits per heavy atom. The van der Waals surface area contributed by atoms with E-state index in [1.165, 1.54) is 38.5 Å². The second-order valence-corrected chi connectivity index (χ2v) is 23.4. The van der Waals surface area contributed by atoms with Crippen LogP contribution in [0.4, 0.5) is 0 Å². The van der Waals surface area contributed by atoms with E-state index in [-0.39, 0.29) is 19.3 Å². The number of esters is 3. The Morgan fingerprint density at radius 3 is 1.04 bits per heavy atom. The van der Waals surface area contributed by atoms with Gasteiger partial charge in [0.15, 0.2) is 6.10 Å². The first-order valence-corrected chi connectivity index (χ1v) is 34.2. The summed E-state index contributed by atoms with van der Waals surface area (Å²) in [6, 6.07) is 0. The average molecular weight is 1210 g/mol. The number of carbonyl (C=O) groups is 3. The third-order valence-electron chi connectivity index (χ3n) is 12.5. The molecule has 0 aliphatic heterocycles. The molecule has 5 atom stereocenters. The lowest BCUT2D eigenvalue weighted by molar-refractivity contribution is -0.161. The van der Waals surface area contributed by atoms with E-state index in [0.29, 0.717) is 19.3 Å². The summed E-state index contributed by atoms with van der Waals surface area (Å²) in [6.45, 7) is 2.33. The van der Waals surface area contributed by atoms with Crippen LogP contribution in [-0.4, -0.2) is 95.9 Å². The van der Waals surface area contributed by atoms with Crippen molar-refractivity contribution in [2.45, 2.75) is 245 Å². The first-order valence-electron chi connectivity index (χ1n) is 31.2. The van der Waals surface area contributed by atoms with Crippen LogP contribution in [-0.2, 0) is 55.8 Å². The lowest BCUT2D eigenvalue weighted by atomic mass is 10.1. The molecule has 16 nitrogen and oxygen atoms in total. The molecule has 0 aromatic heterocycles. The Bertz CT molecular complexity index is 1960. The lowest BCUT2D eigenvalue weighted by Crippen LogP contribution is -2.30. The summed E-state index contributed by atoms with van der Waals surface area (Å²) in [6.07, 6.45) is 63.1. The number of hydrogen-bond donors (Lipinski definition) is 4. The van der Waals surface area contributed by atoms with Crippen LogP contribution in [0.1, 0.15) is 226 Å². The van der Waals surface area contributed by atoms with Gasteiger partial charge in [0, 0.05) is 19.3 Å². The van der Waals surface area contributed by atoms with Gasteiger partial charge in [0.05, 0.1) is 26.4 Å². The largest absolute Gasteiger partial charge is 0.472 e. The van der Waals surface area contributed by atoms with E-state index in [4.69, 9.17) is 32.3 Å². The minimum absolute atomic E-state index is 0.100. The van der Waals surface area contributed by atoms with E-state index in [0.717, 1.165) is 128 Å². The molecule has 0 heterocycles. The van der Waals surface area contributed by atoms with Gasteiger partial charge in [-0.2, -0.15) is 0 Å². The van der Waals surface area contributed by atoms with Gasteiger partial charge in [0.2, 0.25) is 0 Å². The smallest absolute Gasteiger partial charge is 0.463 e. The summed E-state index contributed by atoms with van der Waals surface area (Å²) in [7, 11) is -9.78. The highest BCUT2D eigenvalue weighted by Crippen LogP contribution is 2.45. The SMILES string of the molecule is CC/C=C\C/C=C\C/C=C\C/C=C\C/C=C\C/C=C\CCCCC(=O)OCC(O)COP(=O)(O)OCC(O)COP(=O)(O)OCC(COC(=O)CCCCCCC/C=C\C/C=C\C/C=C\CC)OC(=O)CCCCCCCCCCCCC. The summed E-state index contributed by atoms with van der Waals surface area (Å²) >= 11 is 0. The number of phosphoric ester groups is 2. The van der Waals surface area contributed by atoms with Crippen LogP contribution in [0.3, 0.4) is 0 Å². The first-order chi connectivity index (χ1) is 40.2. The van der Waals surface area contributed by atoms with Gasteiger partial charge >= 0.3 is 33.6 Å². The second-order valence-electron chi connectivity index (χ2n) is 20.5. The van der Waals surface area contributed by atoms with Gasteiger partial charge in [-0.25, -0.2) is 9.13 Å². The number of carbonyl (C=O) groups excluding carboxylic acids is 3. The van der Waals surface area contributed by atoms with Crippen molar-refractivity contribution in [3.8, 4) is 0 Å². The standard InChI is InChI=1S/C65H110O16P2/c1-4-7-10-13-16-19-22-24-26-27-28-29-30-31-33-35-37-39-42-45-48-51-63(68)75-54-60(66)55-77-82(71,72)78-56-61(67)57-79-83(73,74)80-59-62(81-65(70)53-50-47-44-41-36-21-18-15-12-9-6-3)58-76-64(69)52-49-46-43-40-38-34-32-25-23-20-17-14-11-8-5-2/h7-8,10-11,16-17,19-20,24-26,28-29,31-33,37,39,60-62,66-67H,4-6,9,12-15,18,21-23,27,30,34-36,38,40-59H2,1-3H3,(H,71,72)(H,73,74)/b10-7-,11-8-,19-16-,20-17-,26-24-,29-28-,32-25-,33-31-,39-37-. The summed E-state index contributed by atoms with van der Waals surface area (Å²) in [5, 5.41) is 20.5. The van der Waals surface area contributed by atoms with E-state index < -0.39 is 91.5 Å². The van der Waals surface area contributed by atoms with Gasteiger partial charge < -0.3 is 34.2 Å². The van der Waals surface area contributed by atoms with E-state index in [1.807, 2.05) is 0 Å². The van der Waals surface area contributed by atoms with Crippen molar-refractivity contribution in [2.24, 2.45) is 0 Å². The zero-order valence-corrected chi connectivity index (χ0v) is 52.9. The maximum absolute atomic E-state index is 12.8. The molecule has 0 spiro atoms. The molecule has 476 valence electrons. The summed E-state index contributed by atoms with van der Waals surface area (Å²) in [4.78, 5) is 58.1. The summed E-state index contributed by atoms with van der Waals surface area (Å²) in [5.41, 5.74) is 0. The molecule has 0 aromatic carbocycles. The number of phosphoric acid groups is 2. The molecule has 0 saturated carbocycles. The highest BCUT2D eigenvalue weighted by Gasteiger charge is 2.29. The Morgan fingerprint density at radius 1 is 0.349 bits per heavy atom.